The van der Waals surface area contributed by atoms with E-state index in [4.69, 9.17) is 21.9 Å². The highest BCUT2D eigenvalue weighted by molar-refractivity contribution is 6.04. The molecule has 15 heteroatoms. The van der Waals surface area contributed by atoms with E-state index in [1.165, 1.54) is 0 Å². The molecular weight excluding hydrogens is 630 g/mol. The highest BCUT2D eigenvalue weighted by Crippen LogP contribution is 2.21. The highest BCUT2D eigenvalue weighted by atomic mass is 16.6. The molecule has 5 amide bonds. The summed E-state index contributed by atoms with van der Waals surface area (Å²) in [5, 5.41) is 8.00. The number of nitrogens with zero attached hydrogens (tertiary/aromatic N) is 3. The summed E-state index contributed by atoms with van der Waals surface area (Å²) in [6, 6.07) is 4.01. The first-order chi connectivity index (χ1) is 22.8. The summed E-state index contributed by atoms with van der Waals surface area (Å²) in [5.41, 5.74) is 17.3. The number of amides is 5. The third-order valence-corrected chi connectivity index (χ3v) is 7.44. The van der Waals surface area contributed by atoms with Crippen molar-refractivity contribution in [3.8, 4) is 0 Å². The van der Waals surface area contributed by atoms with E-state index in [1.807, 2.05) is 39.8 Å². The third kappa shape index (κ3) is 15.1. The Hall–Kier alpha value is -4.40. The van der Waals surface area contributed by atoms with Crippen molar-refractivity contribution < 1.29 is 28.7 Å². The van der Waals surface area contributed by atoms with Gasteiger partial charge in [-0.05, 0) is 90.0 Å². The number of carbonyl (C=O) groups excluding carboxylic acids is 5. The molecule has 1 aromatic carbocycles. The van der Waals surface area contributed by atoms with E-state index in [2.05, 4.69) is 25.8 Å². The lowest BCUT2D eigenvalue weighted by Gasteiger charge is -2.32. The Labute approximate surface area is 291 Å². The molecule has 15 nitrogen and oxygen atoms in total. The predicted octanol–water partition coefficient (Wildman–Crippen LogP) is 2.29. The van der Waals surface area contributed by atoms with E-state index in [-0.39, 0.29) is 43.6 Å². The van der Waals surface area contributed by atoms with Crippen LogP contribution in [0.3, 0.4) is 0 Å². The summed E-state index contributed by atoms with van der Waals surface area (Å²) < 4.78 is 5.55. The molecule has 0 aliphatic carbocycles. The zero-order chi connectivity index (χ0) is 37.5. The lowest BCUT2D eigenvalue weighted by Crippen LogP contribution is -2.57. The van der Waals surface area contributed by atoms with Crippen LogP contribution in [0.2, 0.25) is 0 Å². The van der Waals surface area contributed by atoms with Gasteiger partial charge >= 0.3 is 6.09 Å². The van der Waals surface area contributed by atoms with E-state index >= 15 is 0 Å². The monoisotopic (exact) mass is 689 g/mol. The van der Waals surface area contributed by atoms with Gasteiger partial charge in [0, 0.05) is 31.0 Å². The Kier molecular flexibility index (Phi) is 17.6. The van der Waals surface area contributed by atoms with Crippen LogP contribution in [-0.2, 0) is 23.9 Å². The topological polar surface area (TPSA) is 228 Å². The zero-order valence-electron chi connectivity index (χ0n) is 30.7. The predicted molar refractivity (Wildman–Crippen MR) is 193 cm³/mol. The molecule has 0 unspecified atom stereocenters. The summed E-state index contributed by atoms with van der Waals surface area (Å²) in [6.07, 6.45) is -0.581. The van der Waals surface area contributed by atoms with Crippen LogP contribution < -0.4 is 38.1 Å². The molecule has 0 aliphatic heterocycles. The van der Waals surface area contributed by atoms with Gasteiger partial charge in [-0.3, -0.25) is 24.2 Å². The van der Waals surface area contributed by atoms with Crippen molar-refractivity contribution in [2.75, 3.05) is 36.4 Å². The van der Waals surface area contributed by atoms with Gasteiger partial charge in [-0.25, -0.2) is 9.69 Å². The standard InChI is InChI=1S/C34H59N9O6/c1-10-42(11-2)24-16-14-23(15-17-24)40-30(46)26(13-12-18-38-32(36)37)43(33(48)49-34(7,8)9)27(44)20-39-29(45)25(19-21(3)4)41-31(47)28(35)22(5)6/h14-17,21-22,25-26,28H,10-13,18-20,35H2,1-9H3,(H,39,45)(H,40,46)(H,41,47)(H4,36,37,38)/t25-,26-,28-/m0/s1. The second kappa shape index (κ2) is 20.2. The van der Waals surface area contributed by atoms with Crippen molar-refractivity contribution in [2.45, 2.75) is 105 Å². The fraction of sp³-hybridized carbons (Fsp3) is 0.647. The van der Waals surface area contributed by atoms with Crippen LogP contribution in [0.5, 0.6) is 0 Å². The zero-order valence-corrected chi connectivity index (χ0v) is 30.7. The van der Waals surface area contributed by atoms with Gasteiger partial charge in [0.15, 0.2) is 5.96 Å². The van der Waals surface area contributed by atoms with Gasteiger partial charge in [0.05, 0.1) is 12.6 Å². The molecule has 0 aromatic heterocycles. The molecule has 1 rings (SSSR count). The number of carbonyl (C=O) groups is 5. The molecule has 49 heavy (non-hydrogen) atoms. The average molecular weight is 690 g/mol. The first-order valence-corrected chi connectivity index (χ1v) is 16.9. The first kappa shape index (κ1) is 42.6. The van der Waals surface area contributed by atoms with Gasteiger partial charge < -0.3 is 42.8 Å². The highest BCUT2D eigenvalue weighted by Gasteiger charge is 2.38. The molecule has 276 valence electrons. The van der Waals surface area contributed by atoms with E-state index in [0.717, 1.165) is 18.8 Å². The van der Waals surface area contributed by atoms with E-state index in [9.17, 15) is 24.0 Å². The number of guanidine groups is 1. The molecule has 0 aliphatic rings. The van der Waals surface area contributed by atoms with Crippen molar-refractivity contribution in [1.29, 1.82) is 0 Å². The lowest BCUT2D eigenvalue weighted by atomic mass is 10.0. The van der Waals surface area contributed by atoms with Gasteiger partial charge in [-0.2, -0.15) is 0 Å². The van der Waals surface area contributed by atoms with Crippen LogP contribution in [0.4, 0.5) is 16.2 Å². The third-order valence-electron chi connectivity index (χ3n) is 7.44. The fourth-order valence-corrected chi connectivity index (χ4v) is 4.80. The summed E-state index contributed by atoms with van der Waals surface area (Å²) in [7, 11) is 0. The van der Waals surface area contributed by atoms with Gasteiger partial charge in [0.25, 0.3) is 5.91 Å². The Balaban J connectivity index is 3.41. The molecular formula is C34H59N9O6. The largest absolute Gasteiger partial charge is 0.443 e. The number of aliphatic imine (C=N–C) groups is 1. The Morgan fingerprint density at radius 2 is 1.51 bits per heavy atom. The van der Waals surface area contributed by atoms with Crippen molar-refractivity contribution in [3.63, 3.8) is 0 Å². The van der Waals surface area contributed by atoms with Gasteiger partial charge in [-0.15, -0.1) is 0 Å². The molecule has 1 aromatic rings. The maximum absolute atomic E-state index is 13.8. The van der Waals surface area contributed by atoms with E-state index in [0.29, 0.717) is 10.6 Å². The molecule has 0 radical (unpaired) electrons. The number of ether oxygens (including phenoxy) is 1. The average Bonchev–Trinajstić information content (AvgIpc) is 3.00. The first-order valence-electron chi connectivity index (χ1n) is 16.9. The molecule has 3 atom stereocenters. The molecule has 0 saturated carbocycles. The Bertz CT molecular complexity index is 1270. The minimum atomic E-state index is -1.36. The number of anilines is 2. The fourth-order valence-electron chi connectivity index (χ4n) is 4.80. The minimum Gasteiger partial charge on any atom is -0.443 e. The van der Waals surface area contributed by atoms with Crippen LogP contribution in [0.1, 0.15) is 81.6 Å². The molecule has 9 N–H and O–H groups in total. The lowest BCUT2D eigenvalue weighted by molar-refractivity contribution is -0.138. The number of hydrogen-bond acceptors (Lipinski definition) is 9. The molecule has 0 spiro atoms. The second-order valence-corrected chi connectivity index (χ2v) is 13.6. The number of nitrogens with one attached hydrogen (secondary N) is 3. The molecule has 0 saturated heterocycles. The normalized spacial score (nSPS) is 13.1. The number of rotatable bonds is 18. The van der Waals surface area contributed by atoms with E-state index < -0.39 is 60.0 Å². The SMILES string of the molecule is CCN(CC)c1ccc(NC(=O)[C@H](CCCN=C(N)N)N(C(=O)CNC(=O)[C@H](CC(C)C)NC(=O)[C@@H](N)C(C)C)C(=O)OC(C)(C)C)cc1. The van der Waals surface area contributed by atoms with Crippen molar-refractivity contribution in [2.24, 2.45) is 34.0 Å². The molecule has 0 bridgehead atoms. The van der Waals surface area contributed by atoms with Crippen LogP contribution >= 0.6 is 0 Å². The van der Waals surface area contributed by atoms with Crippen molar-refractivity contribution in [3.05, 3.63) is 24.3 Å². The summed E-state index contributed by atoms with van der Waals surface area (Å²) in [4.78, 5) is 74.0. The second-order valence-electron chi connectivity index (χ2n) is 13.6. The summed E-state index contributed by atoms with van der Waals surface area (Å²) in [6.45, 7) is 17.4. The van der Waals surface area contributed by atoms with Crippen molar-refractivity contribution >= 4 is 47.1 Å². The minimum absolute atomic E-state index is 0.0136. The van der Waals surface area contributed by atoms with Crippen LogP contribution in [0, 0.1) is 11.8 Å². The Morgan fingerprint density at radius 1 is 0.918 bits per heavy atom. The number of nitrogens with two attached hydrogens (primary N) is 3. The van der Waals surface area contributed by atoms with Crippen LogP contribution in [-0.4, -0.2) is 90.5 Å². The quantitative estimate of drug-likeness (QED) is 0.0749. The smallest absolute Gasteiger partial charge is 0.417 e. The van der Waals surface area contributed by atoms with Gasteiger partial charge in [-0.1, -0.05) is 27.7 Å². The number of hydrogen-bond donors (Lipinski definition) is 6. The Morgan fingerprint density at radius 3 is 2.00 bits per heavy atom. The molecule has 0 fully saturated rings. The summed E-state index contributed by atoms with van der Waals surface area (Å²) >= 11 is 0. The van der Waals surface area contributed by atoms with Crippen LogP contribution in [0.15, 0.2) is 29.3 Å². The van der Waals surface area contributed by atoms with Crippen molar-refractivity contribution in [1.82, 2.24) is 15.5 Å². The maximum atomic E-state index is 13.8. The summed E-state index contributed by atoms with van der Waals surface area (Å²) in [5.74, 6) is -2.98. The van der Waals surface area contributed by atoms with Gasteiger partial charge in [0.1, 0.15) is 17.7 Å². The number of benzene rings is 1. The maximum Gasteiger partial charge on any atom is 0.417 e. The van der Waals surface area contributed by atoms with Crippen LogP contribution in [0.25, 0.3) is 0 Å². The van der Waals surface area contributed by atoms with E-state index in [1.54, 1.807) is 46.8 Å². The van der Waals surface area contributed by atoms with Gasteiger partial charge in [0.2, 0.25) is 17.7 Å². The number of imide groups is 1. The molecule has 0 heterocycles.